The molecule has 0 aromatic rings. The zero-order valence-electron chi connectivity index (χ0n) is 13.5. The van der Waals surface area contributed by atoms with Crippen LogP contribution >= 0.6 is 0 Å². The number of hydrogen-bond donors (Lipinski definition) is 4. The maximum Gasteiger partial charge on any atom is 0.305 e. The van der Waals surface area contributed by atoms with E-state index in [0.29, 0.717) is 0 Å². The van der Waals surface area contributed by atoms with Crippen molar-refractivity contribution in [2.24, 2.45) is 0 Å². The molecule has 10 nitrogen and oxygen atoms in total. The number of carbonyl (C=O) groups is 2. The van der Waals surface area contributed by atoms with Gasteiger partial charge in [0.25, 0.3) is 0 Å². The third-order valence-corrected chi connectivity index (χ3v) is 3.35. The topological polar surface area (TPSA) is 152 Å². The highest BCUT2D eigenvalue weighted by molar-refractivity contribution is 5.69. The van der Waals surface area contributed by atoms with E-state index in [1.165, 1.54) is 6.92 Å². The smallest absolute Gasteiger partial charge is 0.305 e. The fourth-order valence-electron chi connectivity index (χ4n) is 2.00. The molecule has 1 heterocycles. The highest BCUT2D eigenvalue weighted by Gasteiger charge is 2.44. The van der Waals surface area contributed by atoms with E-state index < -0.39 is 55.4 Å². The Morgan fingerprint density at radius 2 is 1.79 bits per heavy atom. The van der Waals surface area contributed by atoms with Crippen molar-refractivity contribution in [1.82, 2.24) is 0 Å². The number of hydrogen-bond acceptors (Lipinski definition) is 10. The Hall–Kier alpha value is -1.30. The van der Waals surface area contributed by atoms with Gasteiger partial charge in [-0.3, -0.25) is 9.59 Å². The molecule has 0 amide bonds. The lowest BCUT2D eigenvalue weighted by Gasteiger charge is -2.39. The number of rotatable bonds is 8. The zero-order chi connectivity index (χ0) is 18.3. The summed E-state index contributed by atoms with van der Waals surface area (Å²) in [6.07, 6.45) is -7.95. The Bertz CT molecular complexity index is 412. The average Bonchev–Trinajstić information content (AvgIpc) is 2.56. The monoisotopic (exact) mass is 352 g/mol. The summed E-state index contributed by atoms with van der Waals surface area (Å²) in [4.78, 5) is 22.2. The maximum absolute atomic E-state index is 11.4. The van der Waals surface area contributed by atoms with Crippen molar-refractivity contribution in [2.45, 2.75) is 57.1 Å². The number of aliphatic hydroxyl groups excluding tert-OH is 4. The molecule has 0 radical (unpaired) electrons. The normalized spacial score (nSPS) is 31.3. The quantitative estimate of drug-likeness (QED) is 0.350. The largest absolute Gasteiger partial charge is 0.462 e. The van der Waals surface area contributed by atoms with Crippen LogP contribution in [0.25, 0.3) is 0 Å². The van der Waals surface area contributed by atoms with Crippen molar-refractivity contribution in [1.29, 1.82) is 0 Å². The highest BCUT2D eigenvalue weighted by Crippen LogP contribution is 2.22. The van der Waals surface area contributed by atoms with Crippen molar-refractivity contribution < 1.29 is 49.0 Å². The van der Waals surface area contributed by atoms with Crippen molar-refractivity contribution in [3.05, 3.63) is 0 Å². The molecule has 4 N–H and O–H groups in total. The van der Waals surface area contributed by atoms with E-state index in [-0.39, 0.29) is 19.6 Å². The first-order valence-corrected chi connectivity index (χ1v) is 7.55. The van der Waals surface area contributed by atoms with E-state index in [1.54, 1.807) is 6.92 Å². The van der Waals surface area contributed by atoms with Gasteiger partial charge in [0.1, 0.15) is 31.0 Å². The molecule has 1 saturated heterocycles. The third kappa shape index (κ3) is 5.96. The van der Waals surface area contributed by atoms with Crippen LogP contribution in [0.5, 0.6) is 0 Å². The third-order valence-electron chi connectivity index (χ3n) is 3.35. The average molecular weight is 352 g/mol. The summed E-state index contributed by atoms with van der Waals surface area (Å²) in [5, 5.41) is 38.3. The second-order valence-corrected chi connectivity index (χ2v) is 5.30. The summed E-state index contributed by atoms with van der Waals surface area (Å²) in [7, 11) is 0. The molecule has 24 heavy (non-hydrogen) atoms. The van der Waals surface area contributed by atoms with Gasteiger partial charge >= 0.3 is 11.9 Å². The van der Waals surface area contributed by atoms with Gasteiger partial charge in [-0.15, -0.1) is 0 Å². The van der Waals surface area contributed by atoms with Crippen molar-refractivity contribution >= 4 is 11.9 Å². The molecule has 1 aliphatic heterocycles. The first-order chi connectivity index (χ1) is 11.3. The summed E-state index contributed by atoms with van der Waals surface area (Å²) < 4.78 is 20.2. The summed E-state index contributed by atoms with van der Waals surface area (Å²) in [5.41, 5.74) is 0. The second-order valence-electron chi connectivity index (χ2n) is 5.30. The zero-order valence-corrected chi connectivity index (χ0v) is 13.5. The number of aliphatic hydroxyl groups is 4. The lowest BCUT2D eigenvalue weighted by Crippen LogP contribution is -2.59. The van der Waals surface area contributed by atoms with Crippen LogP contribution in [0.3, 0.4) is 0 Å². The van der Waals surface area contributed by atoms with Crippen LogP contribution in [0.2, 0.25) is 0 Å². The molecular formula is C14H24O10. The summed E-state index contributed by atoms with van der Waals surface area (Å²) in [6.45, 7) is 1.65. The predicted octanol–water partition coefficient (Wildman–Crippen LogP) is -2.31. The van der Waals surface area contributed by atoms with Crippen LogP contribution in [0.4, 0.5) is 0 Å². The number of carbonyl (C=O) groups excluding carboxylic acids is 2. The molecular weight excluding hydrogens is 328 g/mol. The van der Waals surface area contributed by atoms with Gasteiger partial charge in [0.2, 0.25) is 0 Å². The SMILES string of the molecule is CCC(=O)OC(COC(C)=O)COC1OC(CO)C(O)C(O)C1O. The Morgan fingerprint density at radius 3 is 2.33 bits per heavy atom. The van der Waals surface area contributed by atoms with Gasteiger partial charge < -0.3 is 39.4 Å². The molecule has 0 saturated carbocycles. The summed E-state index contributed by atoms with van der Waals surface area (Å²) in [6, 6.07) is 0. The fourth-order valence-corrected chi connectivity index (χ4v) is 2.00. The lowest BCUT2D eigenvalue weighted by molar-refractivity contribution is -0.305. The van der Waals surface area contributed by atoms with E-state index in [2.05, 4.69) is 0 Å². The Labute approximate surface area is 138 Å². The molecule has 0 spiro atoms. The first-order valence-electron chi connectivity index (χ1n) is 7.55. The van der Waals surface area contributed by atoms with Gasteiger partial charge in [-0.1, -0.05) is 6.92 Å². The van der Waals surface area contributed by atoms with Crippen molar-refractivity contribution in [2.75, 3.05) is 19.8 Å². The van der Waals surface area contributed by atoms with E-state index in [9.17, 15) is 24.9 Å². The van der Waals surface area contributed by atoms with Gasteiger partial charge in [0.05, 0.1) is 13.2 Å². The molecule has 0 aliphatic carbocycles. The molecule has 1 fully saturated rings. The minimum Gasteiger partial charge on any atom is -0.462 e. The molecule has 1 rings (SSSR count). The minimum atomic E-state index is -1.58. The Kier molecular flexibility index (Phi) is 8.53. The van der Waals surface area contributed by atoms with E-state index in [4.69, 9.17) is 24.1 Å². The number of esters is 2. The van der Waals surface area contributed by atoms with E-state index >= 15 is 0 Å². The maximum atomic E-state index is 11.4. The van der Waals surface area contributed by atoms with Gasteiger partial charge in [0, 0.05) is 13.3 Å². The van der Waals surface area contributed by atoms with Gasteiger partial charge in [-0.25, -0.2) is 0 Å². The first kappa shape index (κ1) is 20.7. The van der Waals surface area contributed by atoms with Crippen molar-refractivity contribution in [3.63, 3.8) is 0 Å². The summed E-state index contributed by atoms with van der Waals surface area (Å²) in [5.74, 6) is -1.11. The van der Waals surface area contributed by atoms with Gasteiger partial charge in [0.15, 0.2) is 12.4 Å². The van der Waals surface area contributed by atoms with E-state index in [1.807, 2.05) is 0 Å². The predicted molar refractivity (Wildman–Crippen MR) is 76.5 cm³/mol. The molecule has 6 unspecified atom stereocenters. The molecule has 0 bridgehead atoms. The van der Waals surface area contributed by atoms with Crippen LogP contribution in [-0.4, -0.2) is 89.0 Å². The standard InChI is InChI=1S/C14H24O10/c1-3-10(17)23-8(5-21-7(2)16)6-22-14-13(20)12(19)11(18)9(4-15)24-14/h8-9,11-15,18-20H,3-6H2,1-2H3. The Morgan fingerprint density at radius 1 is 1.12 bits per heavy atom. The van der Waals surface area contributed by atoms with Crippen LogP contribution < -0.4 is 0 Å². The highest BCUT2D eigenvalue weighted by atomic mass is 16.7. The Balaban J connectivity index is 2.62. The van der Waals surface area contributed by atoms with Crippen LogP contribution in [0.15, 0.2) is 0 Å². The molecule has 0 aromatic heterocycles. The lowest BCUT2D eigenvalue weighted by atomic mass is 9.99. The minimum absolute atomic E-state index is 0.108. The van der Waals surface area contributed by atoms with E-state index in [0.717, 1.165) is 0 Å². The van der Waals surface area contributed by atoms with Gasteiger partial charge in [-0.05, 0) is 0 Å². The van der Waals surface area contributed by atoms with Crippen LogP contribution in [0, 0.1) is 0 Å². The van der Waals surface area contributed by atoms with Crippen LogP contribution in [-0.2, 0) is 28.5 Å². The van der Waals surface area contributed by atoms with Gasteiger partial charge in [-0.2, -0.15) is 0 Å². The molecule has 0 aromatic carbocycles. The second kappa shape index (κ2) is 9.87. The fraction of sp³-hybridized carbons (Fsp3) is 0.857. The van der Waals surface area contributed by atoms with Crippen molar-refractivity contribution in [3.8, 4) is 0 Å². The number of ether oxygens (including phenoxy) is 4. The molecule has 6 atom stereocenters. The van der Waals surface area contributed by atoms with Crippen LogP contribution in [0.1, 0.15) is 20.3 Å². The summed E-state index contributed by atoms with van der Waals surface area (Å²) >= 11 is 0. The molecule has 140 valence electrons. The molecule has 1 aliphatic rings. The molecule has 10 heteroatoms.